The van der Waals surface area contributed by atoms with Crippen LogP contribution in [0.2, 0.25) is 0 Å². The Bertz CT molecular complexity index is 199. The molecule has 3 nitrogen and oxygen atoms in total. The van der Waals surface area contributed by atoms with E-state index in [1.807, 2.05) is 0 Å². The number of rotatable bonds is 10. The average Bonchev–Trinajstić information content (AvgIpc) is 2.23. The summed E-state index contributed by atoms with van der Waals surface area (Å²) in [5, 5.41) is 0. The van der Waals surface area contributed by atoms with Crippen molar-refractivity contribution in [1.82, 2.24) is 0 Å². The van der Waals surface area contributed by atoms with Crippen LogP contribution in [0.25, 0.3) is 0 Å². The molecule has 0 aliphatic rings. The standard InChI is InChI=1S/C13H24O3/c1-3-4-11-16-13(15)10-8-6-5-7-9-12(2)14/h3-11H2,1-2H3. The molecule has 0 fully saturated rings. The summed E-state index contributed by atoms with van der Waals surface area (Å²) in [5.74, 6) is 0.166. The Morgan fingerprint density at radius 2 is 1.56 bits per heavy atom. The molecule has 0 radical (unpaired) electrons. The van der Waals surface area contributed by atoms with E-state index < -0.39 is 0 Å². The summed E-state index contributed by atoms with van der Waals surface area (Å²) >= 11 is 0. The molecule has 0 aromatic rings. The van der Waals surface area contributed by atoms with Crippen molar-refractivity contribution in [2.75, 3.05) is 6.61 Å². The van der Waals surface area contributed by atoms with Crippen molar-refractivity contribution in [2.24, 2.45) is 0 Å². The Kier molecular flexibility index (Phi) is 10.1. The smallest absolute Gasteiger partial charge is 0.305 e. The minimum atomic E-state index is -0.0833. The highest BCUT2D eigenvalue weighted by Crippen LogP contribution is 2.06. The molecule has 0 amide bonds. The van der Waals surface area contributed by atoms with Crippen LogP contribution in [0, 0.1) is 0 Å². The van der Waals surface area contributed by atoms with Crippen molar-refractivity contribution < 1.29 is 14.3 Å². The third-order valence-corrected chi connectivity index (χ3v) is 2.42. The van der Waals surface area contributed by atoms with Gasteiger partial charge >= 0.3 is 5.97 Å². The lowest BCUT2D eigenvalue weighted by Crippen LogP contribution is -2.05. The van der Waals surface area contributed by atoms with E-state index in [4.69, 9.17) is 4.74 Å². The highest BCUT2D eigenvalue weighted by atomic mass is 16.5. The van der Waals surface area contributed by atoms with Crippen molar-refractivity contribution in [3.63, 3.8) is 0 Å². The number of ether oxygens (including phenoxy) is 1. The minimum absolute atomic E-state index is 0.0833. The van der Waals surface area contributed by atoms with Gasteiger partial charge in [-0.2, -0.15) is 0 Å². The Balaban J connectivity index is 3.18. The largest absolute Gasteiger partial charge is 0.466 e. The van der Waals surface area contributed by atoms with Crippen molar-refractivity contribution in [2.45, 2.75) is 65.2 Å². The fourth-order valence-corrected chi connectivity index (χ4v) is 1.40. The highest BCUT2D eigenvalue weighted by Gasteiger charge is 2.02. The summed E-state index contributed by atoms with van der Waals surface area (Å²) in [7, 11) is 0. The monoisotopic (exact) mass is 228 g/mol. The van der Waals surface area contributed by atoms with Crippen LogP contribution in [0.4, 0.5) is 0 Å². The number of hydrogen-bond acceptors (Lipinski definition) is 3. The first-order chi connectivity index (χ1) is 7.66. The van der Waals surface area contributed by atoms with Crippen LogP contribution < -0.4 is 0 Å². The van der Waals surface area contributed by atoms with E-state index in [1.54, 1.807) is 6.92 Å². The first-order valence-corrected chi connectivity index (χ1v) is 6.32. The summed E-state index contributed by atoms with van der Waals surface area (Å²) in [6.45, 7) is 4.24. The summed E-state index contributed by atoms with van der Waals surface area (Å²) < 4.78 is 5.03. The number of unbranched alkanes of at least 4 members (excludes halogenated alkanes) is 4. The van der Waals surface area contributed by atoms with Gasteiger partial charge in [-0.1, -0.05) is 26.2 Å². The second kappa shape index (κ2) is 10.7. The van der Waals surface area contributed by atoms with Crippen LogP contribution in [-0.4, -0.2) is 18.4 Å². The van der Waals surface area contributed by atoms with Gasteiger partial charge in [0.1, 0.15) is 5.78 Å². The molecule has 3 heteroatoms. The minimum Gasteiger partial charge on any atom is -0.466 e. The second-order valence-corrected chi connectivity index (χ2v) is 4.19. The van der Waals surface area contributed by atoms with Crippen molar-refractivity contribution >= 4 is 11.8 Å². The Morgan fingerprint density at radius 1 is 0.938 bits per heavy atom. The molecule has 0 atom stereocenters. The summed E-state index contributed by atoms with van der Waals surface area (Å²) in [4.78, 5) is 21.8. The third kappa shape index (κ3) is 11.2. The number of hydrogen-bond donors (Lipinski definition) is 0. The topological polar surface area (TPSA) is 43.4 Å². The zero-order valence-corrected chi connectivity index (χ0v) is 10.6. The summed E-state index contributed by atoms with van der Waals surface area (Å²) in [5.41, 5.74) is 0. The summed E-state index contributed by atoms with van der Waals surface area (Å²) in [6.07, 6.45) is 7.05. The van der Waals surface area contributed by atoms with E-state index in [9.17, 15) is 9.59 Å². The zero-order chi connectivity index (χ0) is 12.2. The van der Waals surface area contributed by atoms with Gasteiger partial charge in [0.25, 0.3) is 0 Å². The molecule has 16 heavy (non-hydrogen) atoms. The molecule has 0 N–H and O–H groups in total. The molecule has 0 aromatic heterocycles. The molecule has 0 aliphatic carbocycles. The normalized spacial score (nSPS) is 10.1. The zero-order valence-electron chi connectivity index (χ0n) is 10.6. The quantitative estimate of drug-likeness (QED) is 0.426. The maximum absolute atomic E-state index is 11.2. The van der Waals surface area contributed by atoms with E-state index in [1.165, 1.54) is 0 Å². The maximum atomic E-state index is 11.2. The van der Waals surface area contributed by atoms with Gasteiger partial charge in [-0.3, -0.25) is 4.79 Å². The van der Waals surface area contributed by atoms with Gasteiger partial charge < -0.3 is 9.53 Å². The molecule has 0 saturated carbocycles. The maximum Gasteiger partial charge on any atom is 0.305 e. The van der Waals surface area contributed by atoms with Crippen molar-refractivity contribution in [1.29, 1.82) is 0 Å². The molecule has 0 bridgehead atoms. The van der Waals surface area contributed by atoms with Crippen LogP contribution >= 0.6 is 0 Å². The molecule has 0 spiro atoms. The number of ketones is 1. The highest BCUT2D eigenvalue weighted by molar-refractivity contribution is 5.75. The van der Waals surface area contributed by atoms with E-state index >= 15 is 0 Å². The molecule has 0 aliphatic heterocycles. The van der Waals surface area contributed by atoms with Crippen LogP contribution in [0.3, 0.4) is 0 Å². The molecule has 0 aromatic carbocycles. The van der Waals surface area contributed by atoms with E-state index in [-0.39, 0.29) is 11.8 Å². The Hall–Kier alpha value is -0.860. The van der Waals surface area contributed by atoms with E-state index in [2.05, 4.69) is 6.92 Å². The lowest BCUT2D eigenvalue weighted by atomic mass is 10.1. The van der Waals surface area contributed by atoms with Gasteiger partial charge in [-0.05, 0) is 26.2 Å². The van der Waals surface area contributed by atoms with E-state index in [0.717, 1.165) is 38.5 Å². The lowest BCUT2D eigenvalue weighted by Gasteiger charge is -2.03. The van der Waals surface area contributed by atoms with E-state index in [0.29, 0.717) is 19.4 Å². The molecular weight excluding hydrogens is 204 g/mol. The molecular formula is C13H24O3. The molecule has 0 rings (SSSR count). The Morgan fingerprint density at radius 3 is 2.12 bits per heavy atom. The first-order valence-electron chi connectivity index (χ1n) is 6.32. The Labute approximate surface area is 98.6 Å². The molecule has 0 saturated heterocycles. The summed E-state index contributed by atoms with van der Waals surface area (Å²) in [6, 6.07) is 0. The van der Waals surface area contributed by atoms with Gasteiger partial charge in [-0.25, -0.2) is 0 Å². The van der Waals surface area contributed by atoms with Gasteiger partial charge in [0, 0.05) is 12.8 Å². The molecule has 94 valence electrons. The van der Waals surface area contributed by atoms with Crippen LogP contribution in [0.5, 0.6) is 0 Å². The fraction of sp³-hybridized carbons (Fsp3) is 0.846. The van der Waals surface area contributed by atoms with Crippen LogP contribution in [-0.2, 0) is 14.3 Å². The molecule has 0 heterocycles. The average molecular weight is 228 g/mol. The first kappa shape index (κ1) is 15.1. The molecule has 0 unspecified atom stereocenters. The predicted octanol–water partition coefficient (Wildman–Crippen LogP) is 3.26. The van der Waals surface area contributed by atoms with Gasteiger partial charge in [-0.15, -0.1) is 0 Å². The fourth-order valence-electron chi connectivity index (χ4n) is 1.40. The lowest BCUT2D eigenvalue weighted by molar-refractivity contribution is -0.143. The van der Waals surface area contributed by atoms with Gasteiger partial charge in [0.2, 0.25) is 0 Å². The SMILES string of the molecule is CCCCOC(=O)CCCCCCC(C)=O. The van der Waals surface area contributed by atoms with Gasteiger partial charge in [0.05, 0.1) is 6.61 Å². The van der Waals surface area contributed by atoms with Crippen molar-refractivity contribution in [3.8, 4) is 0 Å². The van der Waals surface area contributed by atoms with Crippen LogP contribution in [0.15, 0.2) is 0 Å². The third-order valence-electron chi connectivity index (χ3n) is 2.42. The van der Waals surface area contributed by atoms with Crippen molar-refractivity contribution in [3.05, 3.63) is 0 Å². The van der Waals surface area contributed by atoms with Crippen LogP contribution in [0.1, 0.15) is 65.2 Å². The number of carbonyl (C=O) groups excluding carboxylic acids is 2. The number of esters is 1. The van der Waals surface area contributed by atoms with Gasteiger partial charge in [0.15, 0.2) is 0 Å². The number of Topliss-reactive ketones (excluding diaryl/α,β-unsaturated/α-hetero) is 1. The predicted molar refractivity (Wildman–Crippen MR) is 64.3 cm³/mol. The second-order valence-electron chi connectivity index (χ2n) is 4.19. The number of carbonyl (C=O) groups is 2.